The molecule has 1 N–H and O–H groups in total. The molecule has 3 heterocycles. The van der Waals surface area contributed by atoms with Gasteiger partial charge in [-0.1, -0.05) is 6.07 Å². The van der Waals surface area contributed by atoms with Crippen molar-refractivity contribution in [2.24, 2.45) is 0 Å². The first-order valence-electron chi connectivity index (χ1n) is 9.84. The summed E-state index contributed by atoms with van der Waals surface area (Å²) in [5, 5.41) is 2.69. The second kappa shape index (κ2) is 8.38. The normalized spacial score (nSPS) is 19.3. The lowest BCUT2D eigenvalue weighted by Crippen LogP contribution is -2.46. The summed E-state index contributed by atoms with van der Waals surface area (Å²) in [5.41, 5.74) is 1.94. The van der Waals surface area contributed by atoms with Crippen LogP contribution in [-0.2, 0) is 9.53 Å². The summed E-state index contributed by atoms with van der Waals surface area (Å²) in [6.45, 7) is 5.88. The Labute approximate surface area is 170 Å². The van der Waals surface area contributed by atoms with Gasteiger partial charge in [0.05, 0.1) is 13.1 Å². The van der Waals surface area contributed by atoms with Gasteiger partial charge in [0.15, 0.2) is 0 Å². The fourth-order valence-electron chi connectivity index (χ4n) is 3.67. The van der Waals surface area contributed by atoms with Gasteiger partial charge in [0, 0.05) is 50.7 Å². The molecule has 1 atom stereocenters. The van der Waals surface area contributed by atoms with E-state index in [9.17, 15) is 9.59 Å². The number of nitrogens with one attached hydrogen (secondary N) is 1. The Bertz CT molecular complexity index is 850. The van der Waals surface area contributed by atoms with Gasteiger partial charge in [-0.05, 0) is 36.4 Å². The molecule has 0 radical (unpaired) electrons. The first-order chi connectivity index (χ1) is 14.1. The van der Waals surface area contributed by atoms with Gasteiger partial charge in [-0.25, -0.2) is 9.78 Å². The Morgan fingerprint density at radius 3 is 2.41 bits per heavy atom. The van der Waals surface area contributed by atoms with Crippen molar-refractivity contribution in [2.75, 3.05) is 54.0 Å². The molecule has 2 saturated heterocycles. The van der Waals surface area contributed by atoms with E-state index in [1.165, 1.54) is 6.92 Å². The van der Waals surface area contributed by atoms with E-state index in [1.807, 2.05) is 48.7 Å². The predicted molar refractivity (Wildman–Crippen MR) is 111 cm³/mol. The van der Waals surface area contributed by atoms with Crippen LogP contribution >= 0.6 is 0 Å². The molecule has 1 aromatic carbocycles. The number of piperazine rings is 1. The highest BCUT2D eigenvalue weighted by Gasteiger charge is 2.32. The Morgan fingerprint density at radius 2 is 1.76 bits per heavy atom. The zero-order chi connectivity index (χ0) is 20.2. The molecular weight excluding hydrogens is 370 g/mol. The van der Waals surface area contributed by atoms with E-state index in [-0.39, 0.29) is 18.1 Å². The van der Waals surface area contributed by atoms with Crippen LogP contribution < -0.4 is 20.0 Å². The SMILES string of the molecule is CC(=O)NC[C@H]1CN(c2ccc(N3CCN(c4ccccn4)CC3)cc2)C(=O)O1. The first kappa shape index (κ1) is 19.0. The number of amides is 2. The summed E-state index contributed by atoms with van der Waals surface area (Å²) in [4.78, 5) is 33.9. The Balaban J connectivity index is 1.34. The largest absolute Gasteiger partial charge is 0.442 e. The van der Waals surface area contributed by atoms with Gasteiger partial charge in [-0.3, -0.25) is 9.69 Å². The van der Waals surface area contributed by atoms with Crippen LogP contribution in [0.5, 0.6) is 0 Å². The molecule has 2 amide bonds. The molecule has 0 saturated carbocycles. The maximum absolute atomic E-state index is 12.2. The van der Waals surface area contributed by atoms with Crippen molar-refractivity contribution in [2.45, 2.75) is 13.0 Å². The van der Waals surface area contributed by atoms with Crippen LogP contribution in [0.4, 0.5) is 22.0 Å². The van der Waals surface area contributed by atoms with Crippen molar-refractivity contribution in [3.8, 4) is 0 Å². The molecule has 152 valence electrons. The third-order valence-corrected chi connectivity index (χ3v) is 5.23. The smallest absolute Gasteiger partial charge is 0.414 e. The Hall–Kier alpha value is -3.29. The first-order valence-corrected chi connectivity index (χ1v) is 9.84. The molecule has 8 heteroatoms. The molecule has 0 bridgehead atoms. The number of anilines is 3. The average molecular weight is 395 g/mol. The molecular formula is C21H25N5O3. The van der Waals surface area contributed by atoms with E-state index >= 15 is 0 Å². The standard InChI is InChI=1S/C21H25N5O3/c1-16(27)23-14-19-15-26(21(28)29-19)18-7-5-17(6-8-18)24-10-12-25(13-11-24)20-4-2-3-9-22-20/h2-9,19H,10-15H2,1H3,(H,23,27)/t19-/m0/s1. The Kier molecular flexibility index (Phi) is 5.50. The van der Waals surface area contributed by atoms with E-state index in [1.54, 1.807) is 4.90 Å². The van der Waals surface area contributed by atoms with Crippen LogP contribution in [0, 0.1) is 0 Å². The van der Waals surface area contributed by atoms with E-state index in [4.69, 9.17) is 4.74 Å². The minimum Gasteiger partial charge on any atom is -0.442 e. The maximum atomic E-state index is 12.2. The van der Waals surface area contributed by atoms with Gasteiger partial charge in [0.25, 0.3) is 0 Å². The quantitative estimate of drug-likeness (QED) is 0.833. The number of aromatic nitrogens is 1. The van der Waals surface area contributed by atoms with Gasteiger partial charge in [-0.15, -0.1) is 0 Å². The molecule has 2 aliphatic heterocycles. The summed E-state index contributed by atoms with van der Waals surface area (Å²) in [6, 6.07) is 14.0. The van der Waals surface area contributed by atoms with Gasteiger partial charge < -0.3 is 19.9 Å². The lowest BCUT2D eigenvalue weighted by molar-refractivity contribution is -0.119. The topological polar surface area (TPSA) is 78.0 Å². The number of carbonyl (C=O) groups excluding carboxylic acids is 2. The zero-order valence-electron chi connectivity index (χ0n) is 16.5. The van der Waals surface area contributed by atoms with Crippen LogP contribution in [0.15, 0.2) is 48.7 Å². The summed E-state index contributed by atoms with van der Waals surface area (Å²) >= 11 is 0. The molecule has 2 aliphatic rings. The van der Waals surface area contributed by atoms with Gasteiger partial charge in [0.1, 0.15) is 11.9 Å². The van der Waals surface area contributed by atoms with Gasteiger partial charge >= 0.3 is 6.09 Å². The molecule has 2 aromatic rings. The van der Waals surface area contributed by atoms with E-state index in [0.29, 0.717) is 13.1 Å². The van der Waals surface area contributed by atoms with Crippen LogP contribution in [0.3, 0.4) is 0 Å². The number of pyridine rings is 1. The molecule has 29 heavy (non-hydrogen) atoms. The van der Waals surface area contributed by atoms with Crippen LogP contribution in [0.1, 0.15) is 6.92 Å². The number of cyclic esters (lactones) is 1. The third kappa shape index (κ3) is 4.42. The molecule has 2 fully saturated rings. The van der Waals surface area contributed by atoms with Crippen molar-refractivity contribution < 1.29 is 14.3 Å². The summed E-state index contributed by atoms with van der Waals surface area (Å²) in [5.74, 6) is 0.885. The summed E-state index contributed by atoms with van der Waals surface area (Å²) in [7, 11) is 0. The lowest BCUT2D eigenvalue weighted by Gasteiger charge is -2.36. The monoisotopic (exact) mass is 395 g/mol. The van der Waals surface area contributed by atoms with Crippen LogP contribution in [-0.4, -0.2) is 62.4 Å². The number of hydrogen-bond donors (Lipinski definition) is 1. The predicted octanol–water partition coefficient (Wildman–Crippen LogP) is 1.87. The number of ether oxygens (including phenoxy) is 1. The fourth-order valence-corrected chi connectivity index (χ4v) is 3.67. The molecule has 4 rings (SSSR count). The molecule has 0 unspecified atom stereocenters. The summed E-state index contributed by atoms with van der Waals surface area (Å²) in [6.07, 6.45) is 1.12. The lowest BCUT2D eigenvalue weighted by atomic mass is 10.2. The summed E-state index contributed by atoms with van der Waals surface area (Å²) < 4.78 is 5.33. The molecule has 0 aliphatic carbocycles. The minimum absolute atomic E-state index is 0.132. The highest BCUT2D eigenvalue weighted by molar-refractivity contribution is 5.90. The van der Waals surface area contributed by atoms with Crippen molar-refractivity contribution >= 4 is 29.2 Å². The van der Waals surface area contributed by atoms with Gasteiger partial charge in [0.2, 0.25) is 5.91 Å². The number of rotatable bonds is 5. The molecule has 0 spiro atoms. The minimum atomic E-state index is -0.378. The molecule has 1 aromatic heterocycles. The number of benzene rings is 1. The van der Waals surface area contributed by atoms with E-state index < -0.39 is 0 Å². The Morgan fingerprint density at radius 1 is 1.07 bits per heavy atom. The number of hydrogen-bond acceptors (Lipinski definition) is 6. The molecule has 8 nitrogen and oxygen atoms in total. The van der Waals surface area contributed by atoms with Gasteiger partial charge in [-0.2, -0.15) is 0 Å². The fraction of sp³-hybridized carbons (Fsp3) is 0.381. The van der Waals surface area contributed by atoms with Crippen molar-refractivity contribution in [1.29, 1.82) is 0 Å². The third-order valence-electron chi connectivity index (χ3n) is 5.23. The van der Waals surface area contributed by atoms with E-state index in [2.05, 4.69) is 20.1 Å². The van der Waals surface area contributed by atoms with E-state index in [0.717, 1.165) is 43.4 Å². The highest BCUT2D eigenvalue weighted by Crippen LogP contribution is 2.26. The van der Waals surface area contributed by atoms with Crippen LogP contribution in [0.2, 0.25) is 0 Å². The number of carbonyl (C=O) groups is 2. The van der Waals surface area contributed by atoms with Crippen molar-refractivity contribution in [1.82, 2.24) is 10.3 Å². The zero-order valence-corrected chi connectivity index (χ0v) is 16.5. The maximum Gasteiger partial charge on any atom is 0.414 e. The van der Waals surface area contributed by atoms with Crippen molar-refractivity contribution in [3.63, 3.8) is 0 Å². The number of nitrogens with zero attached hydrogens (tertiary/aromatic N) is 4. The highest BCUT2D eigenvalue weighted by atomic mass is 16.6. The average Bonchev–Trinajstić information content (AvgIpc) is 3.14. The van der Waals surface area contributed by atoms with Crippen molar-refractivity contribution in [3.05, 3.63) is 48.7 Å². The van der Waals surface area contributed by atoms with Crippen LogP contribution in [0.25, 0.3) is 0 Å². The second-order valence-electron chi connectivity index (χ2n) is 7.23. The second-order valence-corrected chi connectivity index (χ2v) is 7.23.